The van der Waals surface area contributed by atoms with Crippen LogP contribution >= 0.6 is 0 Å². The Morgan fingerprint density at radius 1 is 0.957 bits per heavy atom. The average molecular weight is 311 g/mol. The van der Waals surface area contributed by atoms with E-state index in [1.807, 2.05) is 38.1 Å². The first-order valence-corrected chi connectivity index (χ1v) is 7.12. The van der Waals surface area contributed by atoms with Crippen LogP contribution < -0.4 is 16.1 Å². The highest BCUT2D eigenvalue weighted by Crippen LogP contribution is 2.23. The van der Waals surface area contributed by atoms with Crippen LogP contribution in [0.4, 0.5) is 5.69 Å². The second-order valence-corrected chi connectivity index (χ2v) is 5.37. The Morgan fingerprint density at radius 3 is 2.04 bits per heavy atom. The lowest BCUT2D eigenvalue weighted by molar-refractivity contribution is 0.144. The maximum absolute atomic E-state index is 12.3. The van der Waals surface area contributed by atoms with Gasteiger partial charge in [-0.3, -0.25) is 4.79 Å². The molecule has 1 aromatic heterocycles. The van der Waals surface area contributed by atoms with Crippen LogP contribution in [0.3, 0.4) is 0 Å². The Bertz CT molecular complexity index is 891. The largest absolute Gasteiger partial charge is 0.492 e. The van der Waals surface area contributed by atoms with Crippen molar-refractivity contribution in [3.05, 3.63) is 70.0 Å². The van der Waals surface area contributed by atoms with E-state index in [-0.39, 0.29) is 11.6 Å². The minimum atomic E-state index is -0.622. The molecule has 6 nitrogen and oxygen atoms in total. The molecule has 0 aliphatic heterocycles. The van der Waals surface area contributed by atoms with Gasteiger partial charge in [0.15, 0.2) is 11.4 Å². The Balaban J connectivity index is 2.12. The summed E-state index contributed by atoms with van der Waals surface area (Å²) in [7, 11) is 0. The van der Waals surface area contributed by atoms with Gasteiger partial charge >= 0.3 is 5.56 Å². The van der Waals surface area contributed by atoms with E-state index in [1.54, 1.807) is 24.3 Å². The van der Waals surface area contributed by atoms with Crippen molar-refractivity contribution in [1.29, 1.82) is 0 Å². The monoisotopic (exact) mass is 311 g/mol. The van der Waals surface area contributed by atoms with Crippen LogP contribution in [0.2, 0.25) is 0 Å². The van der Waals surface area contributed by atoms with Crippen molar-refractivity contribution in [2.24, 2.45) is 0 Å². The fraction of sp³-hybridized carbons (Fsp3) is 0.118. The quantitative estimate of drug-likeness (QED) is 0.778. The van der Waals surface area contributed by atoms with Crippen molar-refractivity contribution in [3.63, 3.8) is 0 Å². The number of hydrogen-bond donors (Lipinski definition) is 2. The van der Waals surface area contributed by atoms with Gasteiger partial charge in [-0.05, 0) is 38.1 Å². The molecule has 0 aliphatic carbocycles. The normalized spacial score (nSPS) is 10.7. The molecule has 1 heterocycles. The molecule has 0 amide bonds. The zero-order valence-electron chi connectivity index (χ0n) is 12.9. The number of nitrogens with two attached hydrogens (primary N) is 1. The van der Waals surface area contributed by atoms with Gasteiger partial charge < -0.3 is 15.7 Å². The number of hydrogen-bond acceptors (Lipinski definition) is 4. The van der Waals surface area contributed by atoms with E-state index >= 15 is 0 Å². The number of rotatable bonds is 3. The van der Waals surface area contributed by atoms with E-state index in [9.17, 15) is 9.90 Å². The van der Waals surface area contributed by atoms with Crippen molar-refractivity contribution in [2.45, 2.75) is 13.8 Å². The van der Waals surface area contributed by atoms with Crippen molar-refractivity contribution in [3.8, 4) is 17.3 Å². The van der Waals surface area contributed by atoms with Gasteiger partial charge in [0, 0.05) is 0 Å². The van der Waals surface area contributed by atoms with Gasteiger partial charge in [0.1, 0.15) is 0 Å². The van der Waals surface area contributed by atoms with Crippen LogP contribution in [0.5, 0.6) is 11.6 Å². The van der Waals surface area contributed by atoms with E-state index in [1.165, 1.54) is 4.68 Å². The standard InChI is InChI=1S/C17H17N3O3/c1-11-3-7-13(8-4-11)19-16(21)15(18)17(22)20(19)23-14-9-5-12(2)6-10-14/h3-10,21H,18H2,1-2H3. The molecule has 0 bridgehead atoms. The molecular formula is C17H17N3O3. The SMILES string of the molecule is Cc1ccc(On2c(=O)c(N)c(O)n2-c2ccc(C)cc2)cc1. The minimum Gasteiger partial charge on any atom is -0.492 e. The molecule has 0 unspecified atom stereocenters. The molecule has 2 aromatic carbocycles. The summed E-state index contributed by atoms with van der Waals surface area (Å²) in [5, 5.41) is 10.2. The molecule has 6 heteroatoms. The van der Waals surface area contributed by atoms with Crippen LogP contribution in [0.25, 0.3) is 5.69 Å². The van der Waals surface area contributed by atoms with Gasteiger partial charge in [-0.25, -0.2) is 0 Å². The predicted molar refractivity (Wildman–Crippen MR) is 88.0 cm³/mol. The third kappa shape index (κ3) is 2.66. The molecule has 23 heavy (non-hydrogen) atoms. The van der Waals surface area contributed by atoms with Crippen LogP contribution in [0, 0.1) is 13.8 Å². The van der Waals surface area contributed by atoms with E-state index in [2.05, 4.69) is 0 Å². The van der Waals surface area contributed by atoms with Crippen molar-refractivity contribution in [2.75, 3.05) is 5.73 Å². The number of nitrogens with zero attached hydrogens (tertiary/aromatic N) is 2. The molecule has 0 aliphatic rings. The van der Waals surface area contributed by atoms with E-state index in [4.69, 9.17) is 10.6 Å². The molecule has 3 N–H and O–H groups in total. The minimum absolute atomic E-state index is 0.266. The number of benzene rings is 2. The molecule has 0 atom stereocenters. The summed E-state index contributed by atoms with van der Waals surface area (Å²) in [6.45, 7) is 3.90. The van der Waals surface area contributed by atoms with E-state index in [0.29, 0.717) is 11.4 Å². The Hall–Kier alpha value is -3.15. The lowest BCUT2D eigenvalue weighted by Crippen LogP contribution is -2.27. The molecule has 0 fully saturated rings. The molecule has 0 saturated heterocycles. The second-order valence-electron chi connectivity index (χ2n) is 5.37. The highest BCUT2D eigenvalue weighted by molar-refractivity contribution is 5.50. The molecule has 3 aromatic rings. The third-order valence-electron chi connectivity index (χ3n) is 3.52. The fourth-order valence-electron chi connectivity index (χ4n) is 2.18. The lowest BCUT2D eigenvalue weighted by Gasteiger charge is -2.12. The predicted octanol–water partition coefficient (Wildman–Crippen LogP) is 2.39. The summed E-state index contributed by atoms with van der Waals surface area (Å²) in [6.07, 6.45) is 0. The Kier molecular flexibility index (Phi) is 3.57. The summed E-state index contributed by atoms with van der Waals surface area (Å²) in [4.78, 5) is 18.8. The molecule has 0 spiro atoms. The maximum atomic E-state index is 12.3. The van der Waals surface area contributed by atoms with Gasteiger partial charge in [-0.1, -0.05) is 40.2 Å². The summed E-state index contributed by atoms with van der Waals surface area (Å²) in [5.74, 6) is 0.106. The Labute approximate surface area is 132 Å². The number of anilines is 1. The number of aromatic nitrogens is 2. The molecule has 3 rings (SSSR count). The first-order chi connectivity index (χ1) is 11.0. The molecular weight excluding hydrogens is 294 g/mol. The summed E-state index contributed by atoms with van der Waals surface area (Å²) in [5.41, 5.74) is 7.47. The average Bonchev–Trinajstić information content (AvgIpc) is 2.75. The second kappa shape index (κ2) is 5.57. The molecule has 118 valence electrons. The zero-order chi connectivity index (χ0) is 16.6. The van der Waals surface area contributed by atoms with Crippen molar-refractivity contribution >= 4 is 5.69 Å². The van der Waals surface area contributed by atoms with Crippen LogP contribution in [0.1, 0.15) is 11.1 Å². The number of nitrogen functional groups attached to an aromatic ring is 1. The van der Waals surface area contributed by atoms with E-state index in [0.717, 1.165) is 16.0 Å². The maximum Gasteiger partial charge on any atom is 0.330 e. The van der Waals surface area contributed by atoms with Gasteiger partial charge in [0.05, 0.1) is 5.69 Å². The smallest absolute Gasteiger partial charge is 0.330 e. The van der Waals surface area contributed by atoms with Gasteiger partial charge in [-0.2, -0.15) is 4.68 Å². The summed E-state index contributed by atoms with van der Waals surface area (Å²) in [6, 6.07) is 14.5. The van der Waals surface area contributed by atoms with Crippen molar-refractivity contribution in [1.82, 2.24) is 9.53 Å². The lowest BCUT2D eigenvalue weighted by atomic mass is 10.2. The molecule has 0 saturated carbocycles. The Morgan fingerprint density at radius 2 is 1.48 bits per heavy atom. The highest BCUT2D eigenvalue weighted by atomic mass is 16.7. The number of aryl methyl sites for hydroxylation is 2. The highest BCUT2D eigenvalue weighted by Gasteiger charge is 2.20. The summed E-state index contributed by atoms with van der Waals surface area (Å²) < 4.78 is 1.23. The zero-order valence-corrected chi connectivity index (χ0v) is 12.9. The molecule has 0 radical (unpaired) electrons. The first kappa shape index (κ1) is 14.8. The van der Waals surface area contributed by atoms with E-state index < -0.39 is 5.56 Å². The topological polar surface area (TPSA) is 82.4 Å². The van der Waals surface area contributed by atoms with Gasteiger partial charge in [-0.15, -0.1) is 0 Å². The summed E-state index contributed by atoms with van der Waals surface area (Å²) >= 11 is 0. The number of aromatic hydroxyl groups is 1. The van der Waals surface area contributed by atoms with Gasteiger partial charge in [0.25, 0.3) is 0 Å². The fourth-order valence-corrected chi connectivity index (χ4v) is 2.18. The van der Waals surface area contributed by atoms with Gasteiger partial charge in [0.2, 0.25) is 5.88 Å². The first-order valence-electron chi connectivity index (χ1n) is 7.12. The van der Waals surface area contributed by atoms with Crippen LogP contribution in [-0.2, 0) is 0 Å². The van der Waals surface area contributed by atoms with Crippen LogP contribution in [0.15, 0.2) is 53.3 Å². The third-order valence-corrected chi connectivity index (χ3v) is 3.52. The van der Waals surface area contributed by atoms with Crippen molar-refractivity contribution < 1.29 is 9.94 Å². The van der Waals surface area contributed by atoms with Crippen LogP contribution in [-0.4, -0.2) is 14.6 Å².